The quantitative estimate of drug-likeness (QED) is 0.652. The minimum Gasteiger partial charge on any atom is -0.262 e. The summed E-state index contributed by atoms with van der Waals surface area (Å²) in [5.74, 6) is -1.50. The van der Waals surface area contributed by atoms with E-state index in [9.17, 15) is 17.2 Å². The number of hydrogen-bond acceptors (Lipinski definition) is 2. The summed E-state index contributed by atoms with van der Waals surface area (Å²) in [5, 5.41) is 0. The monoisotopic (exact) mass is 373 g/mol. The Labute approximate surface area is 151 Å². The van der Waals surface area contributed by atoms with Gasteiger partial charge in [0.25, 0.3) is 10.0 Å². The second kappa shape index (κ2) is 7.25. The Balaban J connectivity index is 2.11. The molecular formula is C20H17F2NO2S. The van der Waals surface area contributed by atoms with Crippen LogP contribution >= 0.6 is 0 Å². The van der Waals surface area contributed by atoms with Crippen molar-refractivity contribution in [2.45, 2.75) is 18.4 Å². The first kappa shape index (κ1) is 18.1. The molecule has 26 heavy (non-hydrogen) atoms. The van der Waals surface area contributed by atoms with Gasteiger partial charge in [-0.05, 0) is 42.8 Å². The van der Waals surface area contributed by atoms with Crippen molar-refractivity contribution in [1.82, 2.24) is 0 Å². The van der Waals surface area contributed by atoms with Gasteiger partial charge in [0, 0.05) is 11.6 Å². The van der Waals surface area contributed by atoms with Gasteiger partial charge in [-0.2, -0.15) is 0 Å². The van der Waals surface area contributed by atoms with Crippen LogP contribution < -0.4 is 4.31 Å². The van der Waals surface area contributed by atoms with Gasteiger partial charge in [0.15, 0.2) is 0 Å². The standard InChI is InChI=1S/C20H17F2NO2S/c1-15-6-5-7-18(12-15)23(14-16-10-11-17(21)13-20(16)22)26(24,25)19-8-3-2-4-9-19/h2-13H,14H2,1H3. The van der Waals surface area contributed by atoms with Crippen molar-refractivity contribution in [3.05, 3.63) is 95.6 Å². The van der Waals surface area contributed by atoms with Crippen LogP contribution in [0.25, 0.3) is 0 Å². The average Bonchev–Trinajstić information content (AvgIpc) is 2.61. The van der Waals surface area contributed by atoms with Crippen molar-refractivity contribution >= 4 is 15.7 Å². The molecule has 3 aromatic rings. The van der Waals surface area contributed by atoms with Gasteiger partial charge in [0.05, 0.1) is 17.1 Å². The fourth-order valence-electron chi connectivity index (χ4n) is 2.62. The third-order valence-electron chi connectivity index (χ3n) is 3.95. The number of halogens is 2. The molecule has 0 atom stereocenters. The molecule has 0 aliphatic rings. The first-order valence-corrected chi connectivity index (χ1v) is 9.40. The number of benzene rings is 3. The summed E-state index contributed by atoms with van der Waals surface area (Å²) in [6.45, 7) is 1.60. The molecule has 3 nitrogen and oxygen atoms in total. The third-order valence-corrected chi connectivity index (χ3v) is 5.74. The number of aryl methyl sites for hydroxylation is 1. The van der Waals surface area contributed by atoms with Gasteiger partial charge in [-0.25, -0.2) is 17.2 Å². The number of sulfonamides is 1. The van der Waals surface area contributed by atoms with E-state index in [-0.39, 0.29) is 17.0 Å². The maximum absolute atomic E-state index is 14.1. The highest BCUT2D eigenvalue weighted by atomic mass is 32.2. The number of hydrogen-bond donors (Lipinski definition) is 0. The summed E-state index contributed by atoms with van der Waals surface area (Å²) >= 11 is 0. The predicted octanol–water partition coefficient (Wildman–Crippen LogP) is 4.67. The highest BCUT2D eigenvalue weighted by Gasteiger charge is 2.26. The molecule has 0 heterocycles. The van der Waals surface area contributed by atoms with E-state index in [2.05, 4.69) is 0 Å². The van der Waals surface area contributed by atoms with E-state index >= 15 is 0 Å². The largest absolute Gasteiger partial charge is 0.264 e. The average molecular weight is 373 g/mol. The second-order valence-corrected chi connectivity index (χ2v) is 7.76. The van der Waals surface area contributed by atoms with Crippen LogP contribution in [0, 0.1) is 18.6 Å². The molecule has 0 bridgehead atoms. The lowest BCUT2D eigenvalue weighted by molar-refractivity contribution is 0.569. The Hall–Kier alpha value is -2.73. The predicted molar refractivity (Wildman–Crippen MR) is 97.3 cm³/mol. The molecule has 3 rings (SSSR count). The van der Waals surface area contributed by atoms with Crippen LogP contribution in [0.3, 0.4) is 0 Å². The minimum atomic E-state index is -3.92. The van der Waals surface area contributed by atoms with Crippen molar-refractivity contribution in [3.63, 3.8) is 0 Å². The molecule has 3 aromatic carbocycles. The minimum absolute atomic E-state index is 0.0902. The molecule has 0 radical (unpaired) electrons. The highest BCUT2D eigenvalue weighted by Crippen LogP contribution is 2.27. The molecule has 0 aliphatic carbocycles. The second-order valence-electron chi connectivity index (χ2n) is 5.90. The molecule has 0 fully saturated rings. The Morgan fingerprint density at radius 1 is 0.885 bits per heavy atom. The highest BCUT2D eigenvalue weighted by molar-refractivity contribution is 7.92. The van der Waals surface area contributed by atoms with Crippen molar-refractivity contribution in [2.75, 3.05) is 4.31 Å². The Kier molecular flexibility index (Phi) is 5.04. The molecule has 0 amide bonds. The third kappa shape index (κ3) is 3.75. The molecular weight excluding hydrogens is 356 g/mol. The molecule has 0 saturated heterocycles. The van der Waals surface area contributed by atoms with Gasteiger partial charge >= 0.3 is 0 Å². The van der Waals surface area contributed by atoms with Crippen LogP contribution in [-0.2, 0) is 16.6 Å². The van der Waals surface area contributed by atoms with Crippen LogP contribution in [-0.4, -0.2) is 8.42 Å². The van der Waals surface area contributed by atoms with Crippen molar-refractivity contribution in [3.8, 4) is 0 Å². The Morgan fingerprint density at radius 3 is 2.27 bits per heavy atom. The molecule has 0 aromatic heterocycles. The Morgan fingerprint density at radius 2 is 1.62 bits per heavy atom. The first-order chi connectivity index (χ1) is 12.4. The van der Waals surface area contributed by atoms with E-state index in [4.69, 9.17) is 0 Å². The topological polar surface area (TPSA) is 37.4 Å². The zero-order valence-corrected chi connectivity index (χ0v) is 14.9. The van der Waals surface area contributed by atoms with Gasteiger partial charge in [-0.15, -0.1) is 0 Å². The maximum Gasteiger partial charge on any atom is 0.264 e. The van der Waals surface area contributed by atoms with Crippen LogP contribution in [0.2, 0.25) is 0 Å². The molecule has 134 valence electrons. The molecule has 0 saturated carbocycles. The lowest BCUT2D eigenvalue weighted by Crippen LogP contribution is -2.31. The maximum atomic E-state index is 14.1. The van der Waals surface area contributed by atoms with Gasteiger partial charge in [0.1, 0.15) is 11.6 Å². The van der Waals surface area contributed by atoms with E-state index in [1.165, 1.54) is 18.2 Å². The lowest BCUT2D eigenvalue weighted by atomic mass is 10.2. The van der Waals surface area contributed by atoms with E-state index in [1.54, 1.807) is 36.4 Å². The number of rotatable bonds is 5. The van der Waals surface area contributed by atoms with Crippen molar-refractivity contribution in [2.24, 2.45) is 0 Å². The summed E-state index contributed by atoms with van der Waals surface area (Å²) < 4.78 is 54.8. The van der Waals surface area contributed by atoms with Gasteiger partial charge in [-0.1, -0.05) is 36.4 Å². The van der Waals surface area contributed by atoms with Crippen molar-refractivity contribution in [1.29, 1.82) is 0 Å². The molecule has 0 unspecified atom stereocenters. The van der Waals surface area contributed by atoms with Crippen LogP contribution in [0.15, 0.2) is 77.7 Å². The molecule has 0 spiro atoms. The summed E-state index contributed by atoms with van der Waals surface area (Å²) in [7, 11) is -3.92. The summed E-state index contributed by atoms with van der Waals surface area (Å²) in [6.07, 6.45) is 0. The van der Waals surface area contributed by atoms with Gasteiger partial charge < -0.3 is 0 Å². The lowest BCUT2D eigenvalue weighted by Gasteiger charge is -2.25. The Bertz CT molecular complexity index is 1020. The summed E-state index contributed by atoms with van der Waals surface area (Å²) in [6, 6.07) is 18.0. The van der Waals surface area contributed by atoms with E-state index in [0.717, 1.165) is 22.0 Å². The van der Waals surface area contributed by atoms with Gasteiger partial charge in [-0.3, -0.25) is 4.31 Å². The smallest absolute Gasteiger partial charge is 0.262 e. The molecule has 0 N–H and O–H groups in total. The van der Waals surface area contributed by atoms with E-state index in [1.807, 2.05) is 13.0 Å². The van der Waals surface area contributed by atoms with Gasteiger partial charge in [0.2, 0.25) is 0 Å². The number of nitrogens with zero attached hydrogens (tertiary/aromatic N) is 1. The van der Waals surface area contributed by atoms with E-state index < -0.39 is 21.7 Å². The van der Waals surface area contributed by atoms with Crippen molar-refractivity contribution < 1.29 is 17.2 Å². The summed E-state index contributed by atoms with van der Waals surface area (Å²) in [4.78, 5) is 0.101. The summed E-state index contributed by atoms with van der Waals surface area (Å²) in [5.41, 5.74) is 1.38. The molecule has 0 aliphatic heterocycles. The molecule has 6 heteroatoms. The number of anilines is 1. The SMILES string of the molecule is Cc1cccc(N(Cc2ccc(F)cc2F)S(=O)(=O)c2ccccc2)c1. The fraction of sp³-hybridized carbons (Fsp3) is 0.100. The zero-order valence-electron chi connectivity index (χ0n) is 14.1. The van der Waals surface area contributed by atoms with Crippen LogP contribution in [0.1, 0.15) is 11.1 Å². The fourth-order valence-corrected chi connectivity index (χ4v) is 4.08. The normalized spacial score (nSPS) is 11.3. The van der Waals surface area contributed by atoms with Crippen LogP contribution in [0.5, 0.6) is 0 Å². The van der Waals surface area contributed by atoms with E-state index in [0.29, 0.717) is 5.69 Å². The van der Waals surface area contributed by atoms with Crippen LogP contribution in [0.4, 0.5) is 14.5 Å². The first-order valence-electron chi connectivity index (χ1n) is 7.96. The zero-order chi connectivity index (χ0) is 18.7.